The quantitative estimate of drug-likeness (QED) is 0.210. The number of sulfonamides is 1. The van der Waals surface area contributed by atoms with Crippen LogP contribution in [0.3, 0.4) is 0 Å². The molecular formula is C37H43N3O4S. The number of carbonyl (C=O) groups excluding carboxylic acids is 2. The van der Waals surface area contributed by atoms with E-state index in [9.17, 15) is 18.0 Å². The maximum Gasteiger partial charge on any atom is 0.264 e. The third-order valence-corrected chi connectivity index (χ3v) is 9.55. The largest absolute Gasteiger partial charge is 0.350 e. The van der Waals surface area contributed by atoms with Gasteiger partial charge in [0, 0.05) is 18.5 Å². The van der Waals surface area contributed by atoms with E-state index in [-0.39, 0.29) is 23.8 Å². The van der Waals surface area contributed by atoms with E-state index in [2.05, 4.69) is 5.32 Å². The predicted octanol–water partition coefficient (Wildman–Crippen LogP) is 6.36. The van der Waals surface area contributed by atoms with E-state index in [0.717, 1.165) is 32.1 Å². The summed E-state index contributed by atoms with van der Waals surface area (Å²) in [6, 6.07) is 29.8. The summed E-state index contributed by atoms with van der Waals surface area (Å²) >= 11 is 0. The third kappa shape index (κ3) is 8.60. The first-order valence-electron chi connectivity index (χ1n) is 15.1. The first-order chi connectivity index (χ1) is 21.3. The lowest BCUT2D eigenvalue weighted by Gasteiger charge is -2.35. The second-order valence-electron chi connectivity index (χ2n) is 12.5. The maximum atomic E-state index is 14.6. The van der Waals surface area contributed by atoms with Gasteiger partial charge in [0.25, 0.3) is 10.0 Å². The van der Waals surface area contributed by atoms with Crippen molar-refractivity contribution >= 4 is 27.5 Å². The second-order valence-corrected chi connectivity index (χ2v) is 14.3. The van der Waals surface area contributed by atoms with E-state index < -0.39 is 34.1 Å². The van der Waals surface area contributed by atoms with Crippen LogP contribution in [0.15, 0.2) is 108 Å². The third-order valence-electron chi connectivity index (χ3n) is 7.76. The molecule has 1 atom stereocenters. The highest BCUT2D eigenvalue weighted by Gasteiger charge is 2.35. The number of nitrogens with one attached hydrogen (secondary N) is 1. The summed E-state index contributed by atoms with van der Waals surface area (Å²) in [5.41, 5.74) is 4.46. The number of hydrogen-bond acceptors (Lipinski definition) is 4. The van der Waals surface area contributed by atoms with Gasteiger partial charge in [-0.2, -0.15) is 0 Å². The van der Waals surface area contributed by atoms with Crippen molar-refractivity contribution in [3.8, 4) is 0 Å². The minimum atomic E-state index is -4.14. The maximum absolute atomic E-state index is 14.6. The molecule has 0 heterocycles. The minimum Gasteiger partial charge on any atom is -0.350 e. The predicted molar refractivity (Wildman–Crippen MR) is 180 cm³/mol. The molecule has 0 fully saturated rings. The molecule has 0 saturated heterocycles. The van der Waals surface area contributed by atoms with E-state index in [1.54, 1.807) is 30.3 Å². The molecule has 8 heteroatoms. The van der Waals surface area contributed by atoms with Crippen LogP contribution in [0.5, 0.6) is 0 Å². The number of amides is 2. The highest BCUT2D eigenvalue weighted by Crippen LogP contribution is 2.27. The number of anilines is 1. The summed E-state index contributed by atoms with van der Waals surface area (Å²) in [6.07, 6.45) is 0.259. The van der Waals surface area contributed by atoms with Crippen LogP contribution in [-0.2, 0) is 32.6 Å². The normalized spacial score (nSPS) is 12.3. The summed E-state index contributed by atoms with van der Waals surface area (Å²) in [5, 5.41) is 3.07. The van der Waals surface area contributed by atoms with Gasteiger partial charge in [-0.1, -0.05) is 78.9 Å². The Morgan fingerprint density at radius 2 is 1.36 bits per heavy atom. The molecule has 0 aliphatic rings. The molecule has 7 nitrogen and oxygen atoms in total. The zero-order valence-corrected chi connectivity index (χ0v) is 27.8. The van der Waals surface area contributed by atoms with Crippen molar-refractivity contribution in [3.05, 3.63) is 131 Å². The molecule has 0 aliphatic heterocycles. The Hall–Kier alpha value is -4.43. The molecule has 236 valence electrons. The summed E-state index contributed by atoms with van der Waals surface area (Å²) in [6.45, 7) is 11.1. The topological polar surface area (TPSA) is 86.8 Å². The molecule has 0 aliphatic carbocycles. The summed E-state index contributed by atoms with van der Waals surface area (Å²) in [5.74, 6) is -0.794. The molecule has 0 unspecified atom stereocenters. The molecule has 0 radical (unpaired) electrons. The molecule has 4 aromatic carbocycles. The highest BCUT2D eigenvalue weighted by atomic mass is 32.2. The highest BCUT2D eigenvalue weighted by molar-refractivity contribution is 7.92. The van der Waals surface area contributed by atoms with Crippen LogP contribution < -0.4 is 9.62 Å². The number of hydrogen-bond donors (Lipinski definition) is 1. The van der Waals surface area contributed by atoms with Crippen molar-refractivity contribution < 1.29 is 18.0 Å². The fourth-order valence-electron chi connectivity index (χ4n) is 5.11. The molecule has 0 saturated carbocycles. The van der Waals surface area contributed by atoms with Crippen LogP contribution in [0.4, 0.5) is 5.69 Å². The van der Waals surface area contributed by atoms with Gasteiger partial charge in [0.15, 0.2) is 0 Å². The number of nitrogens with zero attached hydrogens (tertiary/aromatic N) is 2. The summed E-state index contributed by atoms with van der Waals surface area (Å²) in [7, 11) is -4.14. The van der Waals surface area contributed by atoms with Crippen molar-refractivity contribution in [2.45, 2.75) is 71.0 Å². The molecule has 1 N–H and O–H groups in total. The van der Waals surface area contributed by atoms with Crippen LogP contribution >= 0.6 is 0 Å². The lowest BCUT2D eigenvalue weighted by atomic mass is 10.00. The van der Waals surface area contributed by atoms with Gasteiger partial charge >= 0.3 is 0 Å². The first-order valence-corrected chi connectivity index (χ1v) is 16.6. The average molecular weight is 626 g/mol. The van der Waals surface area contributed by atoms with Crippen molar-refractivity contribution in [2.75, 3.05) is 10.8 Å². The summed E-state index contributed by atoms with van der Waals surface area (Å²) in [4.78, 5) is 30.2. The second kappa shape index (κ2) is 14.1. The Balaban J connectivity index is 1.84. The zero-order valence-electron chi connectivity index (χ0n) is 26.9. The van der Waals surface area contributed by atoms with Crippen molar-refractivity contribution in [2.24, 2.45) is 0 Å². The van der Waals surface area contributed by atoms with Crippen molar-refractivity contribution in [1.82, 2.24) is 10.2 Å². The van der Waals surface area contributed by atoms with Gasteiger partial charge < -0.3 is 10.2 Å². The van der Waals surface area contributed by atoms with Gasteiger partial charge in [-0.15, -0.1) is 0 Å². The molecule has 4 aromatic rings. The lowest BCUT2D eigenvalue weighted by Crippen LogP contribution is -2.56. The number of aryl methyl sites for hydroxylation is 3. The SMILES string of the molecule is Cc1ccc(N(CC(=O)N(Cc2ccccc2C)[C@H](Cc2ccccc2)C(=O)NC(C)(C)C)S(=O)(=O)c2ccccc2)cc1C. The van der Waals surface area contributed by atoms with Crippen LogP contribution in [0, 0.1) is 20.8 Å². The molecule has 0 aromatic heterocycles. The Morgan fingerprint density at radius 3 is 1.96 bits per heavy atom. The standard InChI is InChI=1S/C37H43N3O4S/c1-27-21-22-32(23-29(27)3)40(45(43,44)33-19-11-8-12-20-33)26-35(41)39(25-31-18-14-13-15-28(31)2)34(36(42)38-37(4,5)6)24-30-16-9-7-10-17-30/h7-23,34H,24-26H2,1-6H3,(H,38,42)/t34-/m1/s1. The van der Waals surface area contributed by atoms with Gasteiger partial charge in [0.2, 0.25) is 11.8 Å². The Kier molecular flexibility index (Phi) is 10.5. The zero-order chi connectivity index (χ0) is 32.8. The molecule has 45 heavy (non-hydrogen) atoms. The van der Waals surface area contributed by atoms with Gasteiger partial charge in [-0.25, -0.2) is 8.42 Å². The Labute approximate surface area is 268 Å². The lowest BCUT2D eigenvalue weighted by molar-refractivity contribution is -0.140. The fraction of sp³-hybridized carbons (Fsp3) is 0.297. The van der Waals surface area contributed by atoms with E-state index >= 15 is 0 Å². The van der Waals surface area contributed by atoms with Crippen molar-refractivity contribution in [3.63, 3.8) is 0 Å². The van der Waals surface area contributed by atoms with E-state index in [4.69, 9.17) is 0 Å². The van der Waals surface area contributed by atoms with Crippen molar-refractivity contribution in [1.29, 1.82) is 0 Å². The first kappa shape index (κ1) is 33.5. The smallest absolute Gasteiger partial charge is 0.264 e. The molecule has 2 amide bonds. The number of rotatable bonds is 11. The van der Waals surface area contributed by atoms with Crippen LogP contribution in [0.1, 0.15) is 48.6 Å². The molecular weight excluding hydrogens is 582 g/mol. The minimum absolute atomic E-state index is 0.0767. The van der Waals surface area contributed by atoms with Gasteiger partial charge in [-0.05, 0) is 93.6 Å². The molecule has 4 rings (SSSR count). The van der Waals surface area contributed by atoms with Gasteiger partial charge in [0.05, 0.1) is 10.6 Å². The monoisotopic (exact) mass is 625 g/mol. The number of benzene rings is 4. The molecule has 0 bridgehead atoms. The van der Waals surface area contributed by atoms with E-state index in [0.29, 0.717) is 5.69 Å². The van der Waals surface area contributed by atoms with Gasteiger partial charge in [-0.3, -0.25) is 13.9 Å². The van der Waals surface area contributed by atoms with Crippen LogP contribution in [0.2, 0.25) is 0 Å². The Morgan fingerprint density at radius 1 is 0.756 bits per heavy atom. The average Bonchev–Trinajstić information content (AvgIpc) is 3.00. The fourth-order valence-corrected chi connectivity index (χ4v) is 6.53. The van der Waals surface area contributed by atoms with Crippen LogP contribution in [0.25, 0.3) is 0 Å². The summed E-state index contributed by atoms with van der Waals surface area (Å²) < 4.78 is 29.5. The Bertz CT molecular complexity index is 1730. The van der Waals surface area contributed by atoms with Crippen LogP contribution in [-0.4, -0.2) is 43.3 Å². The van der Waals surface area contributed by atoms with E-state index in [1.165, 1.54) is 17.0 Å². The number of carbonyl (C=O) groups is 2. The molecule has 0 spiro atoms. The van der Waals surface area contributed by atoms with Gasteiger partial charge in [0.1, 0.15) is 12.6 Å². The van der Waals surface area contributed by atoms with E-state index in [1.807, 2.05) is 102 Å².